The molecule has 208 valence electrons. The van der Waals surface area contributed by atoms with E-state index in [1.807, 2.05) is 0 Å². The fourth-order valence-electron chi connectivity index (χ4n) is 5.16. The minimum atomic E-state index is -4.57. The van der Waals surface area contributed by atoms with E-state index in [1.165, 1.54) is 20.3 Å². The number of ether oxygens (including phenoxy) is 3. The fourth-order valence-corrected chi connectivity index (χ4v) is 5.16. The summed E-state index contributed by atoms with van der Waals surface area (Å²) in [6.07, 6.45) is -4.74. The van der Waals surface area contributed by atoms with Crippen molar-refractivity contribution in [2.75, 3.05) is 58.9 Å². The van der Waals surface area contributed by atoms with E-state index in [4.69, 9.17) is 14.2 Å². The second kappa shape index (κ2) is 10.8. The Kier molecular flexibility index (Phi) is 7.41. The van der Waals surface area contributed by atoms with Gasteiger partial charge in [-0.25, -0.2) is 0 Å². The van der Waals surface area contributed by atoms with Crippen LogP contribution in [0.2, 0.25) is 0 Å². The lowest BCUT2D eigenvalue weighted by molar-refractivity contribution is -0.137. The summed E-state index contributed by atoms with van der Waals surface area (Å²) in [4.78, 5) is 28.2. The first kappa shape index (κ1) is 26.8. The molecule has 39 heavy (non-hydrogen) atoms. The summed E-state index contributed by atoms with van der Waals surface area (Å²) >= 11 is 0. The Balaban J connectivity index is 1.59. The number of amides is 2. The number of benzene rings is 2. The molecule has 2 aliphatic rings. The number of halogens is 3. The summed E-state index contributed by atoms with van der Waals surface area (Å²) in [6.45, 7) is 3.80. The number of aromatic nitrogens is 1. The van der Waals surface area contributed by atoms with Crippen molar-refractivity contribution >= 4 is 28.4 Å². The molecule has 0 unspecified atom stereocenters. The van der Waals surface area contributed by atoms with Gasteiger partial charge in [-0.2, -0.15) is 13.2 Å². The molecule has 3 heterocycles. The monoisotopic (exact) mass is 546 g/mol. The first-order valence-corrected chi connectivity index (χ1v) is 12.5. The Bertz CT molecular complexity index is 1410. The molecule has 2 aliphatic heterocycles. The number of alkyl halides is 3. The molecule has 0 spiro atoms. The van der Waals surface area contributed by atoms with Crippen LogP contribution in [0.3, 0.4) is 0 Å². The van der Waals surface area contributed by atoms with E-state index in [9.17, 15) is 22.8 Å². The maximum atomic E-state index is 13.6. The highest BCUT2D eigenvalue weighted by Gasteiger charge is 2.33. The molecule has 2 N–H and O–H groups in total. The Labute approximate surface area is 222 Å². The van der Waals surface area contributed by atoms with Crippen molar-refractivity contribution in [3.05, 3.63) is 41.5 Å². The van der Waals surface area contributed by atoms with E-state index in [0.717, 1.165) is 25.2 Å². The van der Waals surface area contributed by atoms with Crippen LogP contribution < -0.4 is 20.1 Å². The maximum absolute atomic E-state index is 13.6. The van der Waals surface area contributed by atoms with E-state index in [2.05, 4.69) is 15.5 Å². The zero-order valence-electron chi connectivity index (χ0n) is 21.6. The summed E-state index contributed by atoms with van der Waals surface area (Å²) in [5.41, 5.74) is 1.39. The third kappa shape index (κ3) is 5.39. The van der Waals surface area contributed by atoms with Gasteiger partial charge in [-0.05, 0) is 29.8 Å². The molecule has 12 heteroatoms. The van der Waals surface area contributed by atoms with Gasteiger partial charge in [0.25, 0.3) is 0 Å². The Morgan fingerprint density at radius 3 is 2.51 bits per heavy atom. The number of carbonyl (C=O) groups is 2. The van der Waals surface area contributed by atoms with Crippen molar-refractivity contribution < 1.29 is 37.0 Å². The van der Waals surface area contributed by atoms with Crippen LogP contribution in [0.4, 0.5) is 18.9 Å². The molecule has 0 radical (unpaired) electrons. The molecule has 3 aromatic rings. The van der Waals surface area contributed by atoms with Gasteiger partial charge >= 0.3 is 6.18 Å². The highest BCUT2D eigenvalue weighted by Crippen LogP contribution is 2.45. The summed E-state index contributed by atoms with van der Waals surface area (Å²) in [5, 5.41) is 5.99. The molecule has 2 aromatic carbocycles. The smallest absolute Gasteiger partial charge is 0.416 e. The number of fused-ring (bicyclic) bond motifs is 5. The van der Waals surface area contributed by atoms with Gasteiger partial charge in [0.05, 0.1) is 50.8 Å². The largest absolute Gasteiger partial charge is 0.493 e. The normalized spacial score (nSPS) is 15.8. The SMILES string of the molecule is COc1cc2c(cc1OC)-c1c(c3cc(C(F)(F)F)ccc3n1CC(=O)NCCN1CCOCC1)CC(=O)N2. The first-order valence-electron chi connectivity index (χ1n) is 12.5. The van der Waals surface area contributed by atoms with Gasteiger partial charge in [0.15, 0.2) is 11.5 Å². The van der Waals surface area contributed by atoms with E-state index < -0.39 is 17.6 Å². The third-order valence-corrected chi connectivity index (χ3v) is 7.04. The van der Waals surface area contributed by atoms with Gasteiger partial charge in [0, 0.05) is 48.7 Å². The number of rotatable bonds is 7. The lowest BCUT2D eigenvalue weighted by Gasteiger charge is -2.26. The molecule has 1 saturated heterocycles. The number of carbonyl (C=O) groups excluding carboxylic acids is 2. The van der Waals surface area contributed by atoms with Gasteiger partial charge in [0.1, 0.15) is 6.54 Å². The number of hydrogen-bond donors (Lipinski definition) is 2. The number of morpholine rings is 1. The molecule has 0 saturated carbocycles. The number of hydrogen-bond acceptors (Lipinski definition) is 6. The van der Waals surface area contributed by atoms with Gasteiger partial charge in [0.2, 0.25) is 11.8 Å². The van der Waals surface area contributed by atoms with Gasteiger partial charge in [-0.1, -0.05) is 0 Å². The van der Waals surface area contributed by atoms with Crippen molar-refractivity contribution in [2.45, 2.75) is 19.1 Å². The molecule has 2 amide bonds. The number of anilines is 1. The number of nitrogens with zero attached hydrogens (tertiary/aromatic N) is 2. The quantitative estimate of drug-likeness (QED) is 0.473. The topological polar surface area (TPSA) is 94.1 Å². The molecule has 5 rings (SSSR count). The Morgan fingerprint density at radius 2 is 1.82 bits per heavy atom. The van der Waals surface area contributed by atoms with Crippen molar-refractivity contribution in [3.63, 3.8) is 0 Å². The number of nitrogens with one attached hydrogen (secondary N) is 2. The Hall–Kier alpha value is -3.77. The van der Waals surface area contributed by atoms with Crippen LogP contribution in [0.5, 0.6) is 11.5 Å². The molecular weight excluding hydrogens is 517 g/mol. The van der Waals surface area contributed by atoms with E-state index >= 15 is 0 Å². The highest BCUT2D eigenvalue weighted by molar-refractivity contribution is 6.06. The van der Waals surface area contributed by atoms with Crippen molar-refractivity contribution in [2.24, 2.45) is 0 Å². The third-order valence-electron chi connectivity index (χ3n) is 7.04. The highest BCUT2D eigenvalue weighted by atomic mass is 19.4. The summed E-state index contributed by atoms with van der Waals surface area (Å²) in [7, 11) is 2.93. The number of methoxy groups -OCH3 is 2. The van der Waals surface area contributed by atoms with Crippen molar-refractivity contribution in [1.82, 2.24) is 14.8 Å². The van der Waals surface area contributed by atoms with Crippen LogP contribution in [0, 0.1) is 0 Å². The zero-order valence-corrected chi connectivity index (χ0v) is 21.6. The van der Waals surface area contributed by atoms with E-state index in [0.29, 0.717) is 65.8 Å². The molecule has 1 fully saturated rings. The standard InChI is InChI=1S/C27H29F3N4O5/c1-37-22-12-19-20(14-23(22)38-2)32-24(35)13-18-17-11-16(27(28,29)30)3-4-21(17)34(26(18)19)15-25(36)31-5-6-33-7-9-39-10-8-33/h3-4,11-12,14H,5-10,13,15H2,1-2H3,(H,31,36)(H,32,35). The van der Waals surface area contributed by atoms with Crippen LogP contribution in [0.25, 0.3) is 22.2 Å². The van der Waals surface area contributed by atoms with E-state index in [1.54, 1.807) is 16.7 Å². The predicted molar refractivity (Wildman–Crippen MR) is 138 cm³/mol. The average molecular weight is 547 g/mol. The molecular formula is C27H29F3N4O5. The predicted octanol–water partition coefficient (Wildman–Crippen LogP) is 3.29. The maximum Gasteiger partial charge on any atom is 0.416 e. The second-order valence-corrected chi connectivity index (χ2v) is 9.42. The van der Waals surface area contributed by atoms with Crippen molar-refractivity contribution in [3.8, 4) is 22.8 Å². The van der Waals surface area contributed by atoms with Crippen molar-refractivity contribution in [1.29, 1.82) is 0 Å². The molecule has 0 atom stereocenters. The molecule has 9 nitrogen and oxygen atoms in total. The van der Waals surface area contributed by atoms with Crippen LogP contribution in [-0.2, 0) is 33.5 Å². The van der Waals surface area contributed by atoms with Crippen LogP contribution in [0.1, 0.15) is 11.1 Å². The van der Waals surface area contributed by atoms with Crippen LogP contribution >= 0.6 is 0 Å². The van der Waals surface area contributed by atoms with E-state index in [-0.39, 0.29) is 24.3 Å². The summed E-state index contributed by atoms with van der Waals surface area (Å²) in [5.74, 6) is 0.0611. The van der Waals surface area contributed by atoms with Crippen LogP contribution in [-0.4, -0.2) is 74.9 Å². The minimum Gasteiger partial charge on any atom is -0.493 e. The summed E-state index contributed by atoms with van der Waals surface area (Å²) < 4.78 is 58.8. The second-order valence-electron chi connectivity index (χ2n) is 9.42. The molecule has 0 aliphatic carbocycles. The zero-order chi connectivity index (χ0) is 27.7. The minimum absolute atomic E-state index is 0.151. The molecule has 1 aromatic heterocycles. The Morgan fingerprint density at radius 1 is 1.10 bits per heavy atom. The van der Waals surface area contributed by atoms with Gasteiger partial charge in [-0.15, -0.1) is 0 Å². The van der Waals surface area contributed by atoms with Crippen LogP contribution in [0.15, 0.2) is 30.3 Å². The summed E-state index contributed by atoms with van der Waals surface area (Å²) in [6, 6.07) is 6.65. The van der Waals surface area contributed by atoms with Gasteiger partial charge in [-0.3, -0.25) is 14.5 Å². The lowest BCUT2D eigenvalue weighted by Crippen LogP contribution is -2.41. The lowest BCUT2D eigenvalue weighted by atomic mass is 10.0. The fraction of sp³-hybridized carbons (Fsp3) is 0.407. The average Bonchev–Trinajstić information content (AvgIpc) is 3.11. The first-order chi connectivity index (χ1) is 18.7. The van der Waals surface area contributed by atoms with Gasteiger partial charge < -0.3 is 29.4 Å². The molecule has 0 bridgehead atoms.